The van der Waals surface area contributed by atoms with Gasteiger partial charge in [-0.25, -0.2) is 0 Å². The van der Waals surface area contributed by atoms with Crippen LogP contribution in [0.25, 0.3) is 0 Å². The third-order valence-electron chi connectivity index (χ3n) is 7.79. The monoisotopic (exact) mass is 376 g/mol. The van der Waals surface area contributed by atoms with Crippen LogP contribution in [0.2, 0.25) is 0 Å². The lowest BCUT2D eigenvalue weighted by Crippen LogP contribution is -2.49. The van der Waals surface area contributed by atoms with Crippen molar-refractivity contribution in [3.05, 3.63) is 12.2 Å². The summed E-state index contributed by atoms with van der Waals surface area (Å²) in [4.78, 5) is 24.7. The zero-order valence-electron chi connectivity index (χ0n) is 17.2. The van der Waals surface area contributed by atoms with Crippen LogP contribution in [0.4, 0.5) is 0 Å². The van der Waals surface area contributed by atoms with Crippen molar-refractivity contribution in [3.8, 4) is 0 Å². The Morgan fingerprint density at radius 1 is 1.15 bits per heavy atom. The first-order valence-corrected chi connectivity index (χ1v) is 10.2. The minimum atomic E-state index is -0.391. The molecule has 0 aromatic carbocycles. The molecule has 150 valence electrons. The molecule has 5 heteroatoms. The van der Waals surface area contributed by atoms with Crippen molar-refractivity contribution in [2.24, 2.45) is 17.3 Å². The molecule has 7 atom stereocenters. The van der Waals surface area contributed by atoms with E-state index < -0.39 is 6.10 Å². The molecular formula is C22H32O5. The molecule has 27 heavy (non-hydrogen) atoms. The smallest absolute Gasteiger partial charge is 0.302 e. The van der Waals surface area contributed by atoms with E-state index in [-0.39, 0.29) is 52.4 Å². The maximum Gasteiger partial charge on any atom is 0.302 e. The van der Waals surface area contributed by atoms with Gasteiger partial charge >= 0.3 is 5.97 Å². The highest BCUT2D eigenvalue weighted by Gasteiger charge is 2.62. The topological polar surface area (TPSA) is 68.4 Å². The Morgan fingerprint density at radius 3 is 2.48 bits per heavy atom. The molecule has 0 amide bonds. The van der Waals surface area contributed by atoms with E-state index >= 15 is 0 Å². The summed E-state index contributed by atoms with van der Waals surface area (Å²) in [5.74, 6) is -0.226. The van der Waals surface area contributed by atoms with Gasteiger partial charge < -0.3 is 14.2 Å². The number of ether oxygens (including phenoxy) is 3. The van der Waals surface area contributed by atoms with E-state index in [0.29, 0.717) is 18.4 Å². The van der Waals surface area contributed by atoms with Gasteiger partial charge in [0.25, 0.3) is 0 Å². The van der Waals surface area contributed by atoms with Gasteiger partial charge in [-0.1, -0.05) is 20.4 Å². The molecule has 4 rings (SSSR count). The summed E-state index contributed by atoms with van der Waals surface area (Å²) in [5.41, 5.74) is -0.0192. The van der Waals surface area contributed by atoms with Crippen LogP contribution in [-0.2, 0) is 23.8 Å². The molecule has 0 aromatic rings. The Bertz CT molecular complexity index is 697. The molecule has 2 bridgehead atoms. The molecule has 0 aromatic heterocycles. The third kappa shape index (κ3) is 3.17. The summed E-state index contributed by atoms with van der Waals surface area (Å²) in [6.45, 7) is 14.2. The number of ketones is 1. The summed E-state index contributed by atoms with van der Waals surface area (Å²) < 4.78 is 17.9. The van der Waals surface area contributed by atoms with Gasteiger partial charge in [0.2, 0.25) is 0 Å². The maximum absolute atomic E-state index is 12.8. The van der Waals surface area contributed by atoms with Crippen molar-refractivity contribution in [2.45, 2.75) is 96.2 Å². The second kappa shape index (κ2) is 5.90. The Labute approximate surface area is 161 Å². The first kappa shape index (κ1) is 19.1. The highest BCUT2D eigenvalue weighted by molar-refractivity contribution is 5.96. The second-order valence-electron chi connectivity index (χ2n) is 10.1. The van der Waals surface area contributed by atoms with Crippen molar-refractivity contribution in [1.82, 2.24) is 0 Å². The SMILES string of the molecule is C=C1C(=O)C[C@H]2C[C@H]3O[C@]3(C)CC[C@H]3O[C@]3(C)C[C@H](OC(C)=O)[C@H]1C2(C)C. The molecule has 2 heterocycles. The van der Waals surface area contributed by atoms with E-state index in [2.05, 4.69) is 34.3 Å². The van der Waals surface area contributed by atoms with Crippen molar-refractivity contribution in [2.75, 3.05) is 0 Å². The van der Waals surface area contributed by atoms with E-state index in [1.54, 1.807) is 0 Å². The number of epoxide rings is 2. The summed E-state index contributed by atoms with van der Waals surface area (Å²) in [6, 6.07) is 0. The summed E-state index contributed by atoms with van der Waals surface area (Å²) in [7, 11) is 0. The number of fused-ring (bicyclic) bond motifs is 4. The average molecular weight is 376 g/mol. The molecule has 2 saturated heterocycles. The number of carbonyl (C=O) groups excluding carboxylic acids is 2. The molecule has 5 nitrogen and oxygen atoms in total. The largest absolute Gasteiger partial charge is 0.462 e. The minimum Gasteiger partial charge on any atom is -0.462 e. The van der Waals surface area contributed by atoms with Crippen LogP contribution in [0.15, 0.2) is 12.2 Å². The molecule has 2 aliphatic heterocycles. The predicted octanol–water partition coefficient (Wildman–Crippen LogP) is 3.59. The lowest BCUT2D eigenvalue weighted by atomic mass is 9.56. The van der Waals surface area contributed by atoms with Crippen LogP contribution in [0.3, 0.4) is 0 Å². The summed E-state index contributed by atoms with van der Waals surface area (Å²) in [6.07, 6.45) is 3.85. The van der Waals surface area contributed by atoms with Crippen LogP contribution in [-0.4, -0.2) is 41.3 Å². The van der Waals surface area contributed by atoms with Crippen LogP contribution < -0.4 is 0 Å². The van der Waals surface area contributed by atoms with Gasteiger partial charge in [-0.05, 0) is 50.0 Å². The quantitative estimate of drug-likeness (QED) is 0.397. The van der Waals surface area contributed by atoms with Gasteiger partial charge in [0.05, 0.1) is 23.4 Å². The summed E-state index contributed by atoms with van der Waals surface area (Å²) >= 11 is 0. The van der Waals surface area contributed by atoms with E-state index in [1.807, 2.05) is 0 Å². The van der Waals surface area contributed by atoms with Gasteiger partial charge in [-0.2, -0.15) is 0 Å². The highest BCUT2D eigenvalue weighted by Crippen LogP contribution is 2.57. The predicted molar refractivity (Wildman–Crippen MR) is 100 cm³/mol. The van der Waals surface area contributed by atoms with Gasteiger partial charge in [0.1, 0.15) is 6.10 Å². The van der Waals surface area contributed by atoms with Crippen molar-refractivity contribution < 1.29 is 23.8 Å². The van der Waals surface area contributed by atoms with E-state index in [4.69, 9.17) is 14.2 Å². The number of hydrogen-bond donors (Lipinski definition) is 0. The van der Waals surface area contributed by atoms with E-state index in [1.165, 1.54) is 6.92 Å². The number of carbonyl (C=O) groups is 2. The fourth-order valence-electron chi connectivity index (χ4n) is 5.74. The molecule has 0 unspecified atom stereocenters. The fourth-order valence-corrected chi connectivity index (χ4v) is 5.74. The van der Waals surface area contributed by atoms with Crippen molar-refractivity contribution in [1.29, 1.82) is 0 Å². The van der Waals surface area contributed by atoms with Gasteiger partial charge in [-0.15, -0.1) is 0 Å². The molecule has 4 aliphatic rings. The molecule has 2 aliphatic carbocycles. The maximum atomic E-state index is 12.8. The lowest BCUT2D eigenvalue weighted by Gasteiger charge is -2.48. The van der Waals surface area contributed by atoms with E-state index in [9.17, 15) is 9.59 Å². The minimum absolute atomic E-state index is 0.0928. The third-order valence-corrected chi connectivity index (χ3v) is 7.79. The molecule has 0 N–H and O–H groups in total. The van der Waals surface area contributed by atoms with Crippen LogP contribution >= 0.6 is 0 Å². The fraction of sp³-hybridized carbons (Fsp3) is 0.818. The summed E-state index contributed by atoms with van der Waals surface area (Å²) in [5, 5.41) is 0. The Kier molecular flexibility index (Phi) is 4.18. The molecule has 4 fully saturated rings. The van der Waals surface area contributed by atoms with Crippen LogP contribution in [0, 0.1) is 17.3 Å². The highest BCUT2D eigenvalue weighted by atomic mass is 16.6. The molecule has 0 spiro atoms. The number of esters is 1. The molecular weight excluding hydrogens is 344 g/mol. The molecule has 2 saturated carbocycles. The number of Topliss-reactive ketones (excluding diaryl/α,β-unsaturated/α-hetero) is 1. The first-order valence-electron chi connectivity index (χ1n) is 10.2. The lowest BCUT2D eigenvalue weighted by molar-refractivity contribution is -0.155. The Balaban J connectivity index is 1.72. The Morgan fingerprint density at radius 2 is 1.81 bits per heavy atom. The van der Waals surface area contributed by atoms with E-state index in [0.717, 1.165) is 19.3 Å². The van der Waals surface area contributed by atoms with Crippen molar-refractivity contribution >= 4 is 11.8 Å². The van der Waals surface area contributed by atoms with Gasteiger partial charge in [0, 0.05) is 25.7 Å². The zero-order chi connectivity index (χ0) is 19.8. The standard InChI is InChI=1S/C22H32O5/c1-12-15(24)9-14-10-18-21(5,27-18)8-7-17-22(6,26-17)11-16(25-13(2)23)19(12)20(14,3)4/h14,16-19H,1,7-11H2,2-6H3/t14-,16-,17+,18+,19-,21+,22+/m0/s1. The normalized spacial score (nSPS) is 48.4. The van der Waals surface area contributed by atoms with Crippen LogP contribution in [0.5, 0.6) is 0 Å². The number of rotatable bonds is 1. The van der Waals surface area contributed by atoms with Crippen LogP contribution in [0.1, 0.15) is 66.7 Å². The zero-order valence-corrected chi connectivity index (χ0v) is 17.2. The second-order valence-corrected chi connectivity index (χ2v) is 10.1. The Hall–Kier alpha value is -1.20. The van der Waals surface area contributed by atoms with Gasteiger partial charge in [-0.3, -0.25) is 9.59 Å². The first-order chi connectivity index (χ1) is 12.5. The molecule has 0 radical (unpaired) electrons. The van der Waals surface area contributed by atoms with Crippen molar-refractivity contribution in [3.63, 3.8) is 0 Å². The van der Waals surface area contributed by atoms with Gasteiger partial charge in [0.15, 0.2) is 5.78 Å². The average Bonchev–Trinajstić information content (AvgIpc) is 3.38. The number of hydrogen-bond acceptors (Lipinski definition) is 5.